The van der Waals surface area contributed by atoms with Crippen molar-refractivity contribution in [2.45, 2.75) is 12.5 Å². The largest absolute Gasteiger partial charge is 0.380 e. The molecular weight excluding hydrogens is 302 g/mol. The zero-order valence-electron chi connectivity index (χ0n) is 13.0. The fraction of sp³-hybridized carbons (Fsp3) is 0.400. The van der Waals surface area contributed by atoms with Gasteiger partial charge in [-0.2, -0.15) is 5.10 Å². The fourth-order valence-corrected chi connectivity index (χ4v) is 3.48. The smallest absolute Gasteiger partial charge is 0.238 e. The molecule has 0 saturated heterocycles. The highest BCUT2D eigenvalue weighted by atomic mass is 32.2. The number of rotatable bonds is 7. The molecule has 2 aromatic rings. The van der Waals surface area contributed by atoms with Gasteiger partial charge in [0, 0.05) is 33.5 Å². The van der Waals surface area contributed by atoms with Gasteiger partial charge in [0.2, 0.25) is 10.0 Å². The SMILES string of the molecule is COC(Cc1ccccc1)CS(=O)(=O)N(C)c1ccn(C)n1. The van der Waals surface area contributed by atoms with Crippen LogP contribution in [0.4, 0.5) is 5.82 Å². The first-order valence-electron chi connectivity index (χ1n) is 6.95. The normalized spacial score (nSPS) is 13.0. The summed E-state index contributed by atoms with van der Waals surface area (Å²) in [5.41, 5.74) is 1.05. The number of methoxy groups -OCH3 is 1. The maximum atomic E-state index is 12.5. The number of sulfonamides is 1. The second kappa shape index (κ2) is 6.93. The summed E-state index contributed by atoms with van der Waals surface area (Å²) >= 11 is 0. The molecule has 22 heavy (non-hydrogen) atoms. The van der Waals surface area contributed by atoms with Crippen LogP contribution in [0.3, 0.4) is 0 Å². The molecule has 6 nitrogen and oxygen atoms in total. The van der Waals surface area contributed by atoms with Crippen molar-refractivity contribution in [2.24, 2.45) is 7.05 Å². The Hall–Kier alpha value is -1.86. The van der Waals surface area contributed by atoms with Gasteiger partial charge in [-0.05, 0) is 12.0 Å². The maximum absolute atomic E-state index is 12.5. The molecule has 1 atom stereocenters. The molecule has 1 unspecified atom stereocenters. The third kappa shape index (κ3) is 4.08. The fourth-order valence-electron chi connectivity index (χ4n) is 2.15. The molecule has 0 aliphatic rings. The molecule has 0 bridgehead atoms. The van der Waals surface area contributed by atoms with E-state index in [9.17, 15) is 8.42 Å². The van der Waals surface area contributed by atoms with E-state index < -0.39 is 16.1 Å². The summed E-state index contributed by atoms with van der Waals surface area (Å²) in [5.74, 6) is 0.308. The van der Waals surface area contributed by atoms with Crippen molar-refractivity contribution < 1.29 is 13.2 Å². The Morgan fingerprint density at radius 1 is 1.27 bits per heavy atom. The molecule has 0 aliphatic carbocycles. The monoisotopic (exact) mass is 323 g/mol. The number of hydrogen-bond donors (Lipinski definition) is 0. The lowest BCUT2D eigenvalue weighted by Gasteiger charge is -2.21. The Morgan fingerprint density at radius 2 is 1.95 bits per heavy atom. The number of nitrogens with zero attached hydrogens (tertiary/aromatic N) is 3. The van der Waals surface area contributed by atoms with Gasteiger partial charge in [0.15, 0.2) is 5.82 Å². The average Bonchev–Trinajstić information content (AvgIpc) is 2.93. The van der Waals surface area contributed by atoms with Crippen LogP contribution >= 0.6 is 0 Å². The van der Waals surface area contributed by atoms with Gasteiger partial charge in [-0.25, -0.2) is 8.42 Å². The van der Waals surface area contributed by atoms with Crippen LogP contribution in [0.1, 0.15) is 5.56 Å². The first kappa shape index (κ1) is 16.5. The summed E-state index contributed by atoms with van der Waals surface area (Å²) < 4.78 is 33.1. The molecule has 0 amide bonds. The van der Waals surface area contributed by atoms with Crippen LogP contribution in [0.25, 0.3) is 0 Å². The molecule has 1 aromatic heterocycles. The molecule has 0 aliphatic heterocycles. The third-order valence-electron chi connectivity index (χ3n) is 3.48. The topological polar surface area (TPSA) is 64.4 Å². The number of hydrogen-bond acceptors (Lipinski definition) is 4. The third-order valence-corrected chi connectivity index (χ3v) is 5.29. The Bertz CT molecular complexity index is 698. The summed E-state index contributed by atoms with van der Waals surface area (Å²) in [6, 6.07) is 11.4. The van der Waals surface area contributed by atoms with Crippen LogP contribution < -0.4 is 4.31 Å². The van der Waals surface area contributed by atoms with Crippen LogP contribution in [0.5, 0.6) is 0 Å². The lowest BCUT2D eigenvalue weighted by molar-refractivity contribution is 0.121. The summed E-state index contributed by atoms with van der Waals surface area (Å²) in [7, 11) is 1.29. The summed E-state index contributed by atoms with van der Waals surface area (Å²) in [5, 5.41) is 4.12. The van der Waals surface area contributed by atoms with Crippen LogP contribution in [0.15, 0.2) is 42.6 Å². The molecule has 0 N–H and O–H groups in total. The average molecular weight is 323 g/mol. The minimum Gasteiger partial charge on any atom is -0.380 e. The first-order valence-corrected chi connectivity index (χ1v) is 8.56. The second-order valence-electron chi connectivity index (χ2n) is 5.14. The van der Waals surface area contributed by atoms with Crippen molar-refractivity contribution in [3.8, 4) is 0 Å². The number of aromatic nitrogens is 2. The van der Waals surface area contributed by atoms with E-state index in [1.165, 1.54) is 18.5 Å². The van der Waals surface area contributed by atoms with E-state index in [2.05, 4.69) is 5.10 Å². The van der Waals surface area contributed by atoms with Gasteiger partial charge < -0.3 is 4.74 Å². The molecule has 2 rings (SSSR count). The lowest BCUT2D eigenvalue weighted by atomic mass is 10.1. The Labute approximate surface area is 131 Å². The highest BCUT2D eigenvalue weighted by Gasteiger charge is 2.25. The van der Waals surface area contributed by atoms with Crippen molar-refractivity contribution in [2.75, 3.05) is 24.2 Å². The predicted octanol–water partition coefficient (Wildman–Crippen LogP) is 1.44. The minimum absolute atomic E-state index is 0.0918. The van der Waals surface area contributed by atoms with Gasteiger partial charge in [-0.3, -0.25) is 8.99 Å². The first-order chi connectivity index (χ1) is 10.4. The molecule has 7 heteroatoms. The standard InChI is InChI=1S/C15H21N3O3S/c1-17-10-9-15(16-17)18(2)22(19,20)12-14(21-3)11-13-7-5-4-6-8-13/h4-10,14H,11-12H2,1-3H3. The Kier molecular flexibility index (Phi) is 5.20. The highest BCUT2D eigenvalue weighted by Crippen LogP contribution is 2.15. The van der Waals surface area contributed by atoms with Crippen molar-refractivity contribution in [3.63, 3.8) is 0 Å². The van der Waals surface area contributed by atoms with E-state index in [-0.39, 0.29) is 5.75 Å². The van der Waals surface area contributed by atoms with E-state index in [0.29, 0.717) is 12.2 Å². The van der Waals surface area contributed by atoms with Crippen LogP contribution in [0, 0.1) is 0 Å². The zero-order chi connectivity index (χ0) is 16.2. The molecule has 1 aromatic carbocycles. The van der Waals surface area contributed by atoms with Gasteiger partial charge in [0.05, 0.1) is 11.9 Å². The molecule has 1 heterocycles. The second-order valence-corrected chi connectivity index (χ2v) is 7.19. The van der Waals surface area contributed by atoms with Crippen molar-refractivity contribution in [1.82, 2.24) is 9.78 Å². The molecule has 0 spiro atoms. The number of benzene rings is 1. The number of aryl methyl sites for hydroxylation is 1. The lowest BCUT2D eigenvalue weighted by Crippen LogP contribution is -2.36. The highest BCUT2D eigenvalue weighted by molar-refractivity contribution is 7.92. The maximum Gasteiger partial charge on any atom is 0.238 e. The summed E-state index contributed by atoms with van der Waals surface area (Å²) in [4.78, 5) is 0. The van der Waals surface area contributed by atoms with Crippen molar-refractivity contribution in [3.05, 3.63) is 48.2 Å². The molecule has 120 valence electrons. The van der Waals surface area contributed by atoms with E-state index in [1.54, 1.807) is 24.0 Å². The van der Waals surface area contributed by atoms with Gasteiger partial charge in [0.25, 0.3) is 0 Å². The van der Waals surface area contributed by atoms with E-state index in [4.69, 9.17) is 4.74 Å². The van der Waals surface area contributed by atoms with Crippen LogP contribution in [-0.2, 0) is 28.2 Å². The summed E-state index contributed by atoms with van der Waals surface area (Å²) in [6.07, 6.45) is 1.85. The van der Waals surface area contributed by atoms with Crippen LogP contribution in [0.2, 0.25) is 0 Å². The van der Waals surface area contributed by atoms with E-state index in [0.717, 1.165) is 5.56 Å². The predicted molar refractivity (Wildman–Crippen MR) is 86.3 cm³/mol. The molecule has 0 radical (unpaired) electrons. The van der Waals surface area contributed by atoms with Gasteiger partial charge in [0.1, 0.15) is 0 Å². The summed E-state index contributed by atoms with van der Waals surface area (Å²) in [6.45, 7) is 0. The molecular formula is C15H21N3O3S. The zero-order valence-corrected chi connectivity index (χ0v) is 13.8. The minimum atomic E-state index is -3.50. The molecule has 0 fully saturated rings. The number of ether oxygens (including phenoxy) is 1. The Morgan fingerprint density at radius 3 is 2.50 bits per heavy atom. The van der Waals surface area contributed by atoms with E-state index >= 15 is 0 Å². The van der Waals surface area contributed by atoms with E-state index in [1.807, 2.05) is 30.3 Å². The van der Waals surface area contributed by atoms with Crippen molar-refractivity contribution in [1.29, 1.82) is 0 Å². The van der Waals surface area contributed by atoms with Gasteiger partial charge in [-0.15, -0.1) is 0 Å². The quantitative estimate of drug-likeness (QED) is 0.773. The van der Waals surface area contributed by atoms with Crippen LogP contribution in [-0.4, -0.2) is 44.2 Å². The van der Waals surface area contributed by atoms with Gasteiger partial charge >= 0.3 is 0 Å². The number of anilines is 1. The molecule has 0 saturated carbocycles. The van der Waals surface area contributed by atoms with Crippen molar-refractivity contribution >= 4 is 15.8 Å². The Balaban J connectivity index is 2.08. The van der Waals surface area contributed by atoms with Gasteiger partial charge in [-0.1, -0.05) is 30.3 Å².